The minimum Gasteiger partial charge on any atom is -0.324 e. The Morgan fingerprint density at radius 3 is 2.54 bits per heavy atom. The minimum absolute atomic E-state index is 0.120. The minimum atomic E-state index is -3.72. The fourth-order valence-electron chi connectivity index (χ4n) is 2.37. The summed E-state index contributed by atoms with van der Waals surface area (Å²) in [5, 5.41) is 2.56. The third-order valence-electron chi connectivity index (χ3n) is 3.95. The highest BCUT2D eigenvalue weighted by Gasteiger charge is 2.25. The summed E-state index contributed by atoms with van der Waals surface area (Å²) in [7, 11) is -3.72. The number of benzene rings is 2. The van der Waals surface area contributed by atoms with Gasteiger partial charge in [0.15, 0.2) is 0 Å². The van der Waals surface area contributed by atoms with Crippen molar-refractivity contribution < 1.29 is 13.2 Å². The summed E-state index contributed by atoms with van der Waals surface area (Å²) in [5.41, 5.74) is 3.16. The first kappa shape index (κ1) is 16.9. The molecule has 24 heavy (non-hydrogen) atoms. The van der Waals surface area contributed by atoms with E-state index in [4.69, 9.17) is 0 Å². The second-order valence-electron chi connectivity index (χ2n) is 5.81. The molecule has 7 heteroatoms. The number of hydrogen-bond donors (Lipinski definition) is 2. The first-order valence-corrected chi connectivity index (χ1v) is 9.84. The molecule has 126 valence electrons. The lowest BCUT2D eigenvalue weighted by molar-refractivity contribution is -0.115. The van der Waals surface area contributed by atoms with Gasteiger partial charge in [-0.25, -0.2) is 8.42 Å². The smallest absolute Gasteiger partial charge is 0.261 e. The molecule has 1 amide bonds. The maximum Gasteiger partial charge on any atom is 0.261 e. The Balaban J connectivity index is 1.91. The summed E-state index contributed by atoms with van der Waals surface area (Å²) >= 11 is 1.42. The molecule has 0 aliphatic carbocycles. The van der Waals surface area contributed by atoms with E-state index in [1.54, 1.807) is 24.3 Å². The van der Waals surface area contributed by atoms with Crippen LogP contribution in [0.4, 0.5) is 11.4 Å². The summed E-state index contributed by atoms with van der Waals surface area (Å²) in [4.78, 5) is 12.8. The number of thioether (sulfide) groups is 1. The molecular formula is C17H18N2O3S2. The molecule has 1 aliphatic rings. The highest BCUT2D eigenvalue weighted by molar-refractivity contribution is 8.01. The van der Waals surface area contributed by atoms with Crippen LogP contribution in [-0.2, 0) is 14.8 Å². The number of fused-ring (bicyclic) bond motifs is 1. The summed E-state index contributed by atoms with van der Waals surface area (Å²) in [6, 6.07) is 10.2. The van der Waals surface area contributed by atoms with E-state index in [2.05, 4.69) is 10.0 Å². The van der Waals surface area contributed by atoms with Gasteiger partial charge in [0, 0.05) is 10.6 Å². The van der Waals surface area contributed by atoms with Gasteiger partial charge in [-0.3, -0.25) is 9.52 Å². The van der Waals surface area contributed by atoms with E-state index in [9.17, 15) is 13.2 Å². The Bertz CT molecular complexity index is 923. The van der Waals surface area contributed by atoms with Gasteiger partial charge in [0.1, 0.15) is 0 Å². The van der Waals surface area contributed by atoms with E-state index in [-0.39, 0.29) is 16.1 Å². The zero-order valence-corrected chi connectivity index (χ0v) is 15.2. The van der Waals surface area contributed by atoms with E-state index < -0.39 is 10.0 Å². The van der Waals surface area contributed by atoms with E-state index >= 15 is 0 Å². The fraction of sp³-hybridized carbons (Fsp3) is 0.235. The van der Waals surface area contributed by atoms with Gasteiger partial charge in [-0.15, -0.1) is 11.8 Å². The number of aryl methyl sites for hydroxylation is 2. The van der Waals surface area contributed by atoms with E-state index in [1.165, 1.54) is 17.8 Å². The summed E-state index contributed by atoms with van der Waals surface area (Å²) < 4.78 is 27.8. The Morgan fingerprint density at radius 1 is 1.08 bits per heavy atom. The van der Waals surface area contributed by atoms with Crippen LogP contribution in [0.15, 0.2) is 46.2 Å². The molecule has 3 rings (SSSR count). The molecular weight excluding hydrogens is 344 g/mol. The van der Waals surface area contributed by atoms with Crippen LogP contribution >= 0.6 is 11.8 Å². The quantitative estimate of drug-likeness (QED) is 0.876. The lowest BCUT2D eigenvalue weighted by atomic mass is 10.1. The molecule has 1 heterocycles. The second kappa shape index (κ2) is 6.14. The molecule has 0 saturated carbocycles. The van der Waals surface area contributed by atoms with Crippen LogP contribution in [0, 0.1) is 13.8 Å². The number of hydrogen-bond acceptors (Lipinski definition) is 4. The Morgan fingerprint density at radius 2 is 1.83 bits per heavy atom. The maximum absolute atomic E-state index is 12.6. The molecule has 0 spiro atoms. The molecule has 0 bridgehead atoms. The molecule has 0 fully saturated rings. The molecule has 2 aromatic carbocycles. The normalized spacial score (nSPS) is 17.1. The Kier molecular flexibility index (Phi) is 4.31. The van der Waals surface area contributed by atoms with Gasteiger partial charge in [-0.2, -0.15) is 0 Å². The third kappa shape index (κ3) is 3.27. The van der Waals surface area contributed by atoms with Crippen LogP contribution in [0.1, 0.15) is 18.1 Å². The van der Waals surface area contributed by atoms with Crippen molar-refractivity contribution in [2.75, 3.05) is 10.0 Å². The lowest BCUT2D eigenvalue weighted by Gasteiger charge is -2.22. The molecule has 5 nitrogen and oxygen atoms in total. The van der Waals surface area contributed by atoms with Crippen molar-refractivity contribution in [3.8, 4) is 0 Å². The lowest BCUT2D eigenvalue weighted by Crippen LogP contribution is -2.26. The number of carbonyl (C=O) groups is 1. The van der Waals surface area contributed by atoms with Crippen molar-refractivity contribution in [3.05, 3.63) is 47.5 Å². The van der Waals surface area contributed by atoms with Crippen molar-refractivity contribution in [1.82, 2.24) is 0 Å². The van der Waals surface area contributed by atoms with Crippen LogP contribution < -0.4 is 10.0 Å². The highest BCUT2D eigenvalue weighted by Crippen LogP contribution is 2.37. The van der Waals surface area contributed by atoms with Gasteiger partial charge in [0.2, 0.25) is 5.91 Å². The summed E-state index contributed by atoms with van der Waals surface area (Å²) in [6.07, 6.45) is 0. The van der Waals surface area contributed by atoms with Gasteiger partial charge in [0.25, 0.3) is 10.0 Å². The Labute approximate surface area is 145 Å². The monoisotopic (exact) mass is 362 g/mol. The summed E-state index contributed by atoms with van der Waals surface area (Å²) in [5.74, 6) is -0.121. The molecule has 0 unspecified atom stereocenters. The molecule has 0 saturated heterocycles. The van der Waals surface area contributed by atoms with Crippen LogP contribution in [-0.4, -0.2) is 19.6 Å². The number of anilines is 2. The third-order valence-corrected chi connectivity index (χ3v) is 6.51. The zero-order chi connectivity index (χ0) is 17.5. The van der Waals surface area contributed by atoms with Gasteiger partial charge >= 0.3 is 0 Å². The van der Waals surface area contributed by atoms with Crippen LogP contribution in [0.2, 0.25) is 0 Å². The first-order chi connectivity index (χ1) is 11.3. The molecule has 2 aromatic rings. The van der Waals surface area contributed by atoms with Crippen LogP contribution in [0.25, 0.3) is 0 Å². The van der Waals surface area contributed by atoms with Crippen molar-refractivity contribution in [2.45, 2.75) is 35.8 Å². The molecule has 0 aromatic heterocycles. The predicted octanol–water partition coefficient (Wildman–Crippen LogP) is 3.54. The average molecular weight is 362 g/mol. The van der Waals surface area contributed by atoms with Gasteiger partial charge in [0.05, 0.1) is 15.8 Å². The van der Waals surface area contributed by atoms with Gasteiger partial charge in [-0.05, 0) is 62.2 Å². The largest absolute Gasteiger partial charge is 0.324 e. The average Bonchev–Trinajstić information content (AvgIpc) is 2.51. The van der Waals surface area contributed by atoms with Gasteiger partial charge in [-0.1, -0.05) is 6.07 Å². The van der Waals surface area contributed by atoms with E-state index in [1.807, 2.05) is 26.8 Å². The first-order valence-electron chi connectivity index (χ1n) is 7.48. The molecule has 0 radical (unpaired) electrons. The predicted molar refractivity (Wildman–Crippen MR) is 97.1 cm³/mol. The standard InChI is InChI=1S/C17H18N2O3S2/c1-10-4-5-13(8-11(10)2)19-24(21,22)14-6-7-16-15(9-14)18-17(20)12(3)23-16/h4-9,12,19H,1-3H3,(H,18,20)/t12-/m1/s1. The SMILES string of the molecule is Cc1ccc(NS(=O)(=O)c2ccc3c(c2)NC(=O)[C@@H](C)S3)cc1C. The number of sulfonamides is 1. The molecule has 2 N–H and O–H groups in total. The number of amides is 1. The van der Waals surface area contributed by atoms with Crippen molar-refractivity contribution in [2.24, 2.45) is 0 Å². The number of nitrogens with one attached hydrogen (secondary N) is 2. The van der Waals surface area contributed by atoms with E-state index in [0.29, 0.717) is 11.4 Å². The highest BCUT2D eigenvalue weighted by atomic mass is 32.2. The number of carbonyl (C=O) groups excluding carboxylic acids is 1. The van der Waals surface area contributed by atoms with Crippen molar-refractivity contribution in [1.29, 1.82) is 0 Å². The van der Waals surface area contributed by atoms with Crippen LogP contribution in [0.3, 0.4) is 0 Å². The van der Waals surface area contributed by atoms with Crippen molar-refractivity contribution in [3.63, 3.8) is 0 Å². The second-order valence-corrected chi connectivity index (χ2v) is 8.88. The molecule has 1 atom stereocenters. The number of rotatable bonds is 3. The van der Waals surface area contributed by atoms with Crippen LogP contribution in [0.5, 0.6) is 0 Å². The Hall–Kier alpha value is -1.99. The fourth-order valence-corrected chi connectivity index (χ4v) is 4.38. The van der Waals surface area contributed by atoms with Gasteiger partial charge < -0.3 is 5.32 Å². The van der Waals surface area contributed by atoms with Crippen molar-refractivity contribution >= 4 is 39.1 Å². The topological polar surface area (TPSA) is 75.3 Å². The molecule has 1 aliphatic heterocycles. The summed E-state index contributed by atoms with van der Waals surface area (Å²) in [6.45, 7) is 5.72. The van der Waals surface area contributed by atoms with E-state index in [0.717, 1.165) is 16.0 Å². The zero-order valence-electron chi connectivity index (χ0n) is 13.6. The maximum atomic E-state index is 12.6.